The lowest BCUT2D eigenvalue weighted by Crippen LogP contribution is -1.76. The molecule has 0 aromatic carbocycles. The Bertz CT molecular complexity index is 301. The molecular weight excluding hydrogens is 161 g/mol. The molecule has 0 aliphatic rings. The van der Waals surface area contributed by atoms with Crippen molar-refractivity contribution >= 4 is 23.2 Å². The van der Waals surface area contributed by atoms with Crippen molar-refractivity contribution in [3.63, 3.8) is 0 Å². The molecule has 11 heavy (non-hydrogen) atoms. The van der Waals surface area contributed by atoms with Gasteiger partial charge in [-0.3, -0.25) is 0 Å². The summed E-state index contributed by atoms with van der Waals surface area (Å²) < 4.78 is 12.6. The fourth-order valence-corrected chi connectivity index (χ4v) is 1.56. The number of nitrogens with zero attached hydrogens (tertiary/aromatic N) is 1. The molecule has 0 N–H and O–H groups in total. The van der Waals surface area contributed by atoms with Gasteiger partial charge in [0.05, 0.1) is 15.6 Å². The SMILES string of the molecule is C=Cc1nc(C)sc1C(=C)F. The monoisotopic (exact) mass is 169 g/mol. The Morgan fingerprint density at radius 1 is 1.73 bits per heavy atom. The van der Waals surface area contributed by atoms with Crippen molar-refractivity contribution in [3.8, 4) is 0 Å². The maximum Gasteiger partial charge on any atom is 0.135 e. The van der Waals surface area contributed by atoms with Crippen LogP contribution in [0, 0.1) is 6.92 Å². The van der Waals surface area contributed by atoms with Crippen molar-refractivity contribution in [3.05, 3.63) is 28.7 Å². The van der Waals surface area contributed by atoms with Gasteiger partial charge in [0.1, 0.15) is 5.83 Å². The predicted molar refractivity (Wildman–Crippen MR) is 47.1 cm³/mol. The second-order valence-electron chi connectivity index (χ2n) is 2.06. The molecule has 1 nitrogen and oxygen atoms in total. The summed E-state index contributed by atoms with van der Waals surface area (Å²) in [5.74, 6) is -0.439. The molecule has 0 atom stereocenters. The van der Waals surface area contributed by atoms with Gasteiger partial charge in [0.2, 0.25) is 0 Å². The largest absolute Gasteiger partial charge is 0.241 e. The molecule has 3 heteroatoms. The van der Waals surface area contributed by atoms with Gasteiger partial charge in [0, 0.05) is 0 Å². The summed E-state index contributed by atoms with van der Waals surface area (Å²) in [7, 11) is 0. The normalized spacial score (nSPS) is 9.64. The maximum atomic E-state index is 12.6. The van der Waals surface area contributed by atoms with Crippen molar-refractivity contribution in [1.29, 1.82) is 0 Å². The molecule has 0 amide bonds. The average Bonchev–Trinajstić information content (AvgIpc) is 2.30. The van der Waals surface area contributed by atoms with Gasteiger partial charge in [-0.05, 0) is 13.0 Å². The van der Waals surface area contributed by atoms with Crippen LogP contribution in [0.25, 0.3) is 11.9 Å². The Balaban J connectivity index is 3.22. The summed E-state index contributed by atoms with van der Waals surface area (Å²) in [6.45, 7) is 8.55. The van der Waals surface area contributed by atoms with Gasteiger partial charge < -0.3 is 0 Å². The van der Waals surface area contributed by atoms with E-state index in [-0.39, 0.29) is 0 Å². The van der Waals surface area contributed by atoms with E-state index in [0.717, 1.165) is 5.01 Å². The highest BCUT2D eigenvalue weighted by Gasteiger charge is 2.07. The molecule has 0 unspecified atom stereocenters. The van der Waals surface area contributed by atoms with E-state index in [1.807, 2.05) is 6.92 Å². The first kappa shape index (κ1) is 8.14. The third-order valence-corrected chi connectivity index (χ3v) is 2.22. The van der Waals surface area contributed by atoms with Crippen molar-refractivity contribution < 1.29 is 4.39 Å². The molecule has 0 saturated heterocycles. The van der Waals surface area contributed by atoms with E-state index in [9.17, 15) is 4.39 Å². The molecule has 0 radical (unpaired) electrons. The number of thiazole rings is 1. The molecular formula is C8H8FNS. The van der Waals surface area contributed by atoms with Crippen LogP contribution in [0.3, 0.4) is 0 Å². The molecule has 0 bridgehead atoms. The highest BCUT2D eigenvalue weighted by atomic mass is 32.1. The fourth-order valence-electron chi connectivity index (χ4n) is 0.776. The van der Waals surface area contributed by atoms with Crippen LogP contribution >= 0.6 is 11.3 Å². The van der Waals surface area contributed by atoms with Crippen molar-refractivity contribution in [2.75, 3.05) is 0 Å². The molecule has 0 saturated carbocycles. The van der Waals surface area contributed by atoms with Gasteiger partial charge in [-0.15, -0.1) is 11.3 Å². The molecule has 1 aromatic rings. The van der Waals surface area contributed by atoms with Crippen LogP contribution < -0.4 is 0 Å². The first-order valence-electron chi connectivity index (χ1n) is 3.09. The molecule has 1 aromatic heterocycles. The smallest absolute Gasteiger partial charge is 0.135 e. The fraction of sp³-hybridized carbons (Fsp3) is 0.125. The second kappa shape index (κ2) is 2.96. The average molecular weight is 169 g/mol. The van der Waals surface area contributed by atoms with E-state index in [0.29, 0.717) is 10.6 Å². The quantitative estimate of drug-likeness (QED) is 0.663. The molecule has 0 fully saturated rings. The van der Waals surface area contributed by atoms with E-state index in [1.54, 1.807) is 0 Å². The van der Waals surface area contributed by atoms with E-state index < -0.39 is 5.83 Å². The minimum absolute atomic E-state index is 0.439. The summed E-state index contributed by atoms with van der Waals surface area (Å²) in [5.41, 5.74) is 0.583. The maximum absolute atomic E-state index is 12.6. The van der Waals surface area contributed by atoms with Crippen molar-refractivity contribution in [2.45, 2.75) is 6.92 Å². The van der Waals surface area contributed by atoms with Gasteiger partial charge in [-0.2, -0.15) is 0 Å². The predicted octanol–water partition coefficient (Wildman–Crippen LogP) is 3.03. The van der Waals surface area contributed by atoms with Crippen LogP contribution in [0.15, 0.2) is 13.2 Å². The number of halogens is 1. The minimum atomic E-state index is -0.439. The number of rotatable bonds is 2. The molecule has 1 rings (SSSR count). The zero-order valence-corrected chi connectivity index (χ0v) is 7.04. The summed E-state index contributed by atoms with van der Waals surface area (Å²) >= 11 is 1.29. The minimum Gasteiger partial charge on any atom is -0.241 e. The van der Waals surface area contributed by atoms with Crippen LogP contribution in [0.5, 0.6) is 0 Å². The van der Waals surface area contributed by atoms with Crippen LogP contribution in [-0.2, 0) is 0 Å². The third kappa shape index (κ3) is 1.54. The number of hydrogen-bond donors (Lipinski definition) is 0. The lowest BCUT2D eigenvalue weighted by Gasteiger charge is -1.88. The highest BCUT2D eigenvalue weighted by molar-refractivity contribution is 7.12. The van der Waals surface area contributed by atoms with E-state index in [4.69, 9.17) is 0 Å². The van der Waals surface area contributed by atoms with E-state index >= 15 is 0 Å². The van der Waals surface area contributed by atoms with Crippen molar-refractivity contribution in [1.82, 2.24) is 4.98 Å². The molecule has 0 aliphatic carbocycles. The number of hydrogen-bond acceptors (Lipinski definition) is 2. The Morgan fingerprint density at radius 2 is 2.36 bits per heavy atom. The Hall–Kier alpha value is -0.960. The van der Waals surface area contributed by atoms with Crippen LogP contribution in [0.4, 0.5) is 4.39 Å². The lowest BCUT2D eigenvalue weighted by molar-refractivity contribution is 0.766. The summed E-state index contributed by atoms with van der Waals surface area (Å²) in [5, 5.41) is 0.828. The van der Waals surface area contributed by atoms with Gasteiger partial charge in [-0.1, -0.05) is 13.2 Å². The summed E-state index contributed by atoms with van der Waals surface area (Å²) in [4.78, 5) is 4.53. The topological polar surface area (TPSA) is 12.9 Å². The van der Waals surface area contributed by atoms with Crippen molar-refractivity contribution in [2.24, 2.45) is 0 Å². The molecule has 1 heterocycles. The van der Waals surface area contributed by atoms with Gasteiger partial charge >= 0.3 is 0 Å². The van der Waals surface area contributed by atoms with Crippen LogP contribution in [-0.4, -0.2) is 4.98 Å². The third-order valence-electron chi connectivity index (χ3n) is 1.20. The standard InChI is InChI=1S/C8H8FNS/c1-4-7-8(5(2)9)11-6(3)10-7/h4H,1-2H2,3H3. The zero-order valence-electron chi connectivity index (χ0n) is 6.22. The van der Waals surface area contributed by atoms with Crippen LogP contribution in [0.1, 0.15) is 15.6 Å². The Labute approximate surface area is 68.9 Å². The first-order chi connectivity index (χ1) is 5.15. The molecule has 58 valence electrons. The second-order valence-corrected chi connectivity index (χ2v) is 3.26. The number of aromatic nitrogens is 1. The summed E-state index contributed by atoms with van der Waals surface area (Å²) in [6, 6.07) is 0. The van der Waals surface area contributed by atoms with Gasteiger partial charge in [-0.25, -0.2) is 9.37 Å². The Kier molecular flexibility index (Phi) is 2.19. The molecule has 0 aliphatic heterocycles. The molecule has 0 spiro atoms. The van der Waals surface area contributed by atoms with Crippen LogP contribution in [0.2, 0.25) is 0 Å². The zero-order chi connectivity index (χ0) is 8.43. The van der Waals surface area contributed by atoms with E-state index in [2.05, 4.69) is 18.1 Å². The summed E-state index contributed by atoms with van der Waals surface area (Å²) in [6.07, 6.45) is 1.53. The highest BCUT2D eigenvalue weighted by Crippen LogP contribution is 2.26. The first-order valence-corrected chi connectivity index (χ1v) is 3.91. The van der Waals surface area contributed by atoms with Gasteiger partial charge in [0.15, 0.2) is 0 Å². The van der Waals surface area contributed by atoms with E-state index in [1.165, 1.54) is 17.4 Å². The van der Waals surface area contributed by atoms with Gasteiger partial charge in [0.25, 0.3) is 0 Å². The Morgan fingerprint density at radius 3 is 2.73 bits per heavy atom. The number of aryl methyl sites for hydroxylation is 1. The lowest BCUT2D eigenvalue weighted by atomic mass is 10.3.